The maximum Gasteiger partial charge on any atom is 0.263 e. The van der Waals surface area contributed by atoms with Gasteiger partial charge in [-0.15, -0.1) is 11.3 Å². The van der Waals surface area contributed by atoms with E-state index in [4.69, 9.17) is 10.9 Å². The second kappa shape index (κ2) is 4.93. The Kier molecular flexibility index (Phi) is 3.83. The van der Waals surface area contributed by atoms with Crippen molar-refractivity contribution in [2.24, 2.45) is 16.3 Å². The first-order valence-electron chi connectivity index (χ1n) is 4.62. The number of amides is 1. The number of nitrogens with two attached hydrogens (primary N) is 1. The Hall–Kier alpha value is -1.63. The van der Waals surface area contributed by atoms with E-state index in [0.717, 1.165) is 0 Å². The average molecular weight is 242 g/mol. The minimum atomic E-state index is -0.588. The summed E-state index contributed by atoms with van der Waals surface area (Å²) in [7, 11) is 0. The summed E-state index contributed by atoms with van der Waals surface area (Å²) < 4.78 is 0. The highest BCUT2D eigenvalue weighted by Gasteiger charge is 2.24. The third kappa shape index (κ3) is 2.93. The van der Waals surface area contributed by atoms with E-state index in [1.54, 1.807) is 19.4 Å². The summed E-state index contributed by atoms with van der Waals surface area (Å²) in [4.78, 5) is 15.9. The van der Waals surface area contributed by atoms with Gasteiger partial charge in [-0.05, 0) is 0 Å². The van der Waals surface area contributed by atoms with Crippen LogP contribution in [0.4, 0.5) is 0 Å². The fourth-order valence-electron chi connectivity index (χ4n) is 0.942. The summed E-state index contributed by atoms with van der Waals surface area (Å²) in [6, 6.07) is 0. The molecule has 4 N–H and O–H groups in total. The van der Waals surface area contributed by atoms with Crippen LogP contribution in [-0.4, -0.2) is 28.5 Å². The number of hydrogen-bond donors (Lipinski definition) is 3. The third-order valence-corrected chi connectivity index (χ3v) is 2.92. The van der Waals surface area contributed by atoms with Crippen molar-refractivity contribution in [1.82, 2.24) is 10.3 Å². The number of carbonyl (C=O) groups excluding carboxylic acids is 1. The van der Waals surface area contributed by atoms with E-state index < -0.39 is 5.41 Å². The van der Waals surface area contributed by atoms with Crippen molar-refractivity contribution in [2.45, 2.75) is 13.8 Å². The van der Waals surface area contributed by atoms with Crippen LogP contribution in [0.5, 0.6) is 0 Å². The van der Waals surface area contributed by atoms with E-state index in [1.165, 1.54) is 17.5 Å². The van der Waals surface area contributed by atoms with Gasteiger partial charge in [0.2, 0.25) is 0 Å². The van der Waals surface area contributed by atoms with Crippen molar-refractivity contribution in [2.75, 3.05) is 6.54 Å². The van der Waals surface area contributed by atoms with Gasteiger partial charge in [0.05, 0.1) is 11.7 Å². The first-order chi connectivity index (χ1) is 7.47. The maximum atomic E-state index is 11.6. The third-order valence-electron chi connectivity index (χ3n) is 2.15. The van der Waals surface area contributed by atoms with Gasteiger partial charge < -0.3 is 16.3 Å². The summed E-state index contributed by atoms with van der Waals surface area (Å²) in [5.74, 6) is -0.126. The number of hydrogen-bond acceptors (Lipinski definition) is 5. The fraction of sp³-hybridized carbons (Fsp3) is 0.444. The number of rotatable bonds is 4. The van der Waals surface area contributed by atoms with Crippen LogP contribution in [0.25, 0.3) is 0 Å². The summed E-state index contributed by atoms with van der Waals surface area (Å²) >= 11 is 1.26. The van der Waals surface area contributed by atoms with E-state index >= 15 is 0 Å². The Morgan fingerprint density at radius 2 is 2.44 bits per heavy atom. The number of nitrogens with zero attached hydrogens (tertiary/aromatic N) is 2. The highest BCUT2D eigenvalue weighted by Crippen LogP contribution is 2.14. The molecule has 0 aliphatic heterocycles. The van der Waals surface area contributed by atoms with E-state index in [-0.39, 0.29) is 11.7 Å². The highest BCUT2D eigenvalue weighted by atomic mass is 32.1. The largest absolute Gasteiger partial charge is 0.409 e. The van der Waals surface area contributed by atoms with Gasteiger partial charge in [0.1, 0.15) is 10.7 Å². The van der Waals surface area contributed by atoms with Crippen LogP contribution >= 0.6 is 11.3 Å². The highest BCUT2D eigenvalue weighted by molar-refractivity contribution is 7.11. The number of carbonyl (C=O) groups is 1. The second-order valence-corrected chi connectivity index (χ2v) is 4.80. The lowest BCUT2D eigenvalue weighted by molar-refractivity contribution is 0.0948. The Balaban J connectivity index is 2.55. The molecule has 0 radical (unpaired) electrons. The summed E-state index contributed by atoms with van der Waals surface area (Å²) in [5, 5.41) is 14.2. The normalized spacial score (nSPS) is 12.5. The molecular formula is C9H14N4O2S. The van der Waals surface area contributed by atoms with Crippen LogP contribution in [0.3, 0.4) is 0 Å². The second-order valence-electron chi connectivity index (χ2n) is 3.92. The topological polar surface area (TPSA) is 101 Å². The Labute approximate surface area is 97.2 Å². The van der Waals surface area contributed by atoms with E-state index in [9.17, 15) is 4.79 Å². The quantitative estimate of drug-likeness (QED) is 0.312. The molecule has 6 nitrogen and oxygen atoms in total. The summed E-state index contributed by atoms with van der Waals surface area (Å²) in [5.41, 5.74) is 6.49. The molecule has 0 spiro atoms. The molecule has 0 fully saturated rings. The number of nitrogens with one attached hydrogen (secondary N) is 1. The van der Waals surface area contributed by atoms with Crippen molar-refractivity contribution in [1.29, 1.82) is 0 Å². The maximum absolute atomic E-state index is 11.6. The Morgan fingerprint density at radius 3 is 2.94 bits per heavy atom. The lowest BCUT2D eigenvalue weighted by Gasteiger charge is -2.22. The minimum Gasteiger partial charge on any atom is -0.409 e. The average Bonchev–Trinajstić information content (AvgIpc) is 2.78. The monoisotopic (exact) mass is 242 g/mol. The fourth-order valence-corrected chi connectivity index (χ4v) is 1.48. The van der Waals surface area contributed by atoms with Crippen LogP contribution in [0.15, 0.2) is 16.9 Å². The van der Waals surface area contributed by atoms with E-state index in [0.29, 0.717) is 11.4 Å². The molecule has 7 heteroatoms. The van der Waals surface area contributed by atoms with Crippen molar-refractivity contribution in [3.05, 3.63) is 16.6 Å². The minimum absolute atomic E-state index is 0.0807. The van der Waals surface area contributed by atoms with Crippen LogP contribution < -0.4 is 11.1 Å². The number of oxime groups is 1. The van der Waals surface area contributed by atoms with Gasteiger partial charge in [-0.2, -0.15) is 0 Å². The predicted molar refractivity (Wildman–Crippen MR) is 61.6 cm³/mol. The SMILES string of the molecule is CC(C)(CNC(=O)c1cncs1)C(N)=NO. The molecule has 0 atom stereocenters. The zero-order valence-corrected chi connectivity index (χ0v) is 9.91. The molecule has 88 valence electrons. The van der Waals surface area contributed by atoms with Gasteiger partial charge in [-0.25, -0.2) is 0 Å². The van der Waals surface area contributed by atoms with Crippen LogP contribution in [0.2, 0.25) is 0 Å². The van der Waals surface area contributed by atoms with Gasteiger partial charge in [0.15, 0.2) is 0 Å². The van der Waals surface area contributed by atoms with Crippen molar-refractivity contribution in [3.8, 4) is 0 Å². The van der Waals surface area contributed by atoms with Gasteiger partial charge >= 0.3 is 0 Å². The molecule has 0 saturated heterocycles. The molecule has 1 aromatic heterocycles. The zero-order valence-electron chi connectivity index (χ0n) is 9.10. The van der Waals surface area contributed by atoms with Crippen LogP contribution in [0, 0.1) is 5.41 Å². The number of aromatic nitrogens is 1. The number of amidine groups is 1. The molecule has 0 unspecified atom stereocenters. The molecule has 1 aromatic rings. The molecule has 16 heavy (non-hydrogen) atoms. The van der Waals surface area contributed by atoms with Crippen molar-refractivity contribution >= 4 is 23.1 Å². The number of thiazole rings is 1. The van der Waals surface area contributed by atoms with Gasteiger partial charge in [-0.3, -0.25) is 9.78 Å². The summed E-state index contributed by atoms with van der Waals surface area (Å²) in [6.07, 6.45) is 1.50. The Morgan fingerprint density at radius 1 is 1.75 bits per heavy atom. The van der Waals surface area contributed by atoms with Crippen LogP contribution in [-0.2, 0) is 0 Å². The van der Waals surface area contributed by atoms with E-state index in [1.807, 2.05) is 0 Å². The molecule has 0 aromatic carbocycles. The summed E-state index contributed by atoms with van der Waals surface area (Å²) in [6.45, 7) is 3.84. The first kappa shape index (κ1) is 12.4. The van der Waals surface area contributed by atoms with Gasteiger partial charge in [0.25, 0.3) is 5.91 Å². The molecule has 0 aliphatic rings. The first-order valence-corrected chi connectivity index (χ1v) is 5.50. The molecule has 0 saturated carbocycles. The lowest BCUT2D eigenvalue weighted by Crippen LogP contribution is -2.42. The molecule has 1 amide bonds. The Bertz CT molecular complexity index is 386. The van der Waals surface area contributed by atoms with Crippen LogP contribution in [0.1, 0.15) is 23.5 Å². The smallest absolute Gasteiger partial charge is 0.263 e. The molecular weight excluding hydrogens is 228 g/mol. The molecule has 0 bridgehead atoms. The lowest BCUT2D eigenvalue weighted by atomic mass is 9.92. The van der Waals surface area contributed by atoms with Crippen molar-refractivity contribution in [3.63, 3.8) is 0 Å². The zero-order chi connectivity index (χ0) is 12.2. The molecule has 1 heterocycles. The van der Waals surface area contributed by atoms with Gasteiger partial charge in [-0.1, -0.05) is 19.0 Å². The van der Waals surface area contributed by atoms with E-state index in [2.05, 4.69) is 15.5 Å². The van der Waals surface area contributed by atoms with Crippen molar-refractivity contribution < 1.29 is 10.0 Å². The standard InChI is InChI=1S/C9H14N4O2S/c1-9(2,8(10)13-15)4-12-7(14)6-3-11-5-16-6/h3,5,15H,4H2,1-2H3,(H2,10,13)(H,12,14). The predicted octanol–water partition coefficient (Wildman–Crippen LogP) is 0.645. The molecule has 1 rings (SSSR count). The molecule has 0 aliphatic carbocycles. The van der Waals surface area contributed by atoms with Gasteiger partial charge in [0, 0.05) is 12.0 Å².